The third kappa shape index (κ3) is 1.51. The lowest BCUT2D eigenvalue weighted by Gasteiger charge is -2.24. The maximum atomic E-state index is 5.74. The van der Waals surface area contributed by atoms with Crippen LogP contribution < -0.4 is 5.73 Å². The van der Waals surface area contributed by atoms with Crippen LogP contribution in [-0.2, 0) is 0 Å². The van der Waals surface area contributed by atoms with Crippen LogP contribution in [-0.4, -0.2) is 12.4 Å². The molecule has 2 rings (SSSR count). The van der Waals surface area contributed by atoms with E-state index in [1.807, 2.05) is 0 Å². The van der Waals surface area contributed by atoms with Crippen molar-refractivity contribution in [1.29, 1.82) is 0 Å². The average molecular weight is 175 g/mol. The number of halogens is 1. The Hall–Kier alpha value is -0.240. The molecule has 2 nitrogen and oxygen atoms in total. The van der Waals surface area contributed by atoms with Gasteiger partial charge in [0.1, 0.15) is 0 Å². The molecule has 0 aromatic heterocycles. The van der Waals surface area contributed by atoms with Gasteiger partial charge in [0.15, 0.2) is 0 Å². The number of amidine groups is 1. The molecular weight excluding hydrogens is 160 g/mol. The molecule has 2 aliphatic rings. The number of hydrogen-bond acceptors (Lipinski definition) is 2. The van der Waals surface area contributed by atoms with E-state index in [0.717, 1.165) is 18.3 Å². The Balaban J connectivity index is 0.000000605. The second-order valence-electron chi connectivity index (χ2n) is 3.42. The standard InChI is InChI=1S/C8H14N2.ClH/c9-8-7-4-2-1-3-6(7)5-10-8;/h6-7H,1-5H2,(H2,9,10);1H/t6-,7+;/m0./s1. The minimum absolute atomic E-state index is 0. The van der Waals surface area contributed by atoms with Gasteiger partial charge in [0, 0.05) is 12.5 Å². The Kier molecular flexibility index (Phi) is 2.77. The van der Waals surface area contributed by atoms with E-state index in [1.54, 1.807) is 0 Å². The predicted octanol–water partition coefficient (Wildman–Crippen LogP) is 1.59. The average Bonchev–Trinajstić information content (AvgIpc) is 2.34. The summed E-state index contributed by atoms with van der Waals surface area (Å²) in [7, 11) is 0. The minimum atomic E-state index is 0. The van der Waals surface area contributed by atoms with Gasteiger partial charge in [0.25, 0.3) is 0 Å². The van der Waals surface area contributed by atoms with Gasteiger partial charge < -0.3 is 5.73 Å². The van der Waals surface area contributed by atoms with Gasteiger partial charge >= 0.3 is 0 Å². The Morgan fingerprint density at radius 3 is 2.73 bits per heavy atom. The summed E-state index contributed by atoms with van der Waals surface area (Å²) in [5, 5.41) is 0. The smallest absolute Gasteiger partial charge is 0.0972 e. The normalized spacial score (nSPS) is 35.5. The molecule has 2 N–H and O–H groups in total. The monoisotopic (exact) mass is 174 g/mol. The molecule has 11 heavy (non-hydrogen) atoms. The number of nitrogens with two attached hydrogens (primary N) is 1. The van der Waals surface area contributed by atoms with Crippen LogP contribution in [0.25, 0.3) is 0 Å². The fourth-order valence-electron chi connectivity index (χ4n) is 2.16. The van der Waals surface area contributed by atoms with Crippen LogP contribution in [0.15, 0.2) is 4.99 Å². The number of aliphatic imine (C=N–C) groups is 1. The highest BCUT2D eigenvalue weighted by Crippen LogP contribution is 2.33. The first kappa shape index (κ1) is 8.85. The molecule has 0 aromatic carbocycles. The fraction of sp³-hybridized carbons (Fsp3) is 0.875. The molecule has 1 saturated carbocycles. The van der Waals surface area contributed by atoms with Gasteiger partial charge in [-0.25, -0.2) is 0 Å². The Morgan fingerprint density at radius 1 is 1.27 bits per heavy atom. The lowest BCUT2D eigenvalue weighted by atomic mass is 9.81. The first-order chi connectivity index (χ1) is 4.88. The predicted molar refractivity (Wildman–Crippen MR) is 49.2 cm³/mol. The summed E-state index contributed by atoms with van der Waals surface area (Å²) in [4.78, 5) is 4.28. The Morgan fingerprint density at radius 2 is 2.00 bits per heavy atom. The highest BCUT2D eigenvalue weighted by Gasteiger charge is 2.31. The first-order valence-corrected chi connectivity index (χ1v) is 4.18. The lowest BCUT2D eigenvalue weighted by Crippen LogP contribution is -2.27. The van der Waals surface area contributed by atoms with Gasteiger partial charge in [-0.05, 0) is 18.8 Å². The zero-order valence-corrected chi connectivity index (χ0v) is 7.44. The number of fused-ring (bicyclic) bond motifs is 1. The largest absolute Gasteiger partial charge is 0.387 e. The molecule has 0 saturated heterocycles. The number of rotatable bonds is 0. The zero-order chi connectivity index (χ0) is 6.97. The third-order valence-electron chi connectivity index (χ3n) is 2.80. The SMILES string of the molecule is Cl.NC1=NC[C@@H]2CCCC[C@@H]12. The van der Waals surface area contributed by atoms with E-state index >= 15 is 0 Å². The van der Waals surface area contributed by atoms with Crippen LogP contribution in [0, 0.1) is 11.8 Å². The summed E-state index contributed by atoms with van der Waals surface area (Å²) >= 11 is 0. The summed E-state index contributed by atoms with van der Waals surface area (Å²) in [6, 6.07) is 0. The molecule has 0 amide bonds. The van der Waals surface area contributed by atoms with Crippen molar-refractivity contribution in [2.45, 2.75) is 25.7 Å². The van der Waals surface area contributed by atoms with E-state index in [2.05, 4.69) is 4.99 Å². The highest BCUT2D eigenvalue weighted by molar-refractivity contribution is 5.85. The van der Waals surface area contributed by atoms with Gasteiger partial charge in [-0.1, -0.05) is 12.8 Å². The van der Waals surface area contributed by atoms with E-state index < -0.39 is 0 Å². The maximum absolute atomic E-state index is 5.74. The summed E-state index contributed by atoms with van der Waals surface area (Å²) in [6.07, 6.45) is 5.40. The maximum Gasteiger partial charge on any atom is 0.0972 e. The van der Waals surface area contributed by atoms with E-state index in [4.69, 9.17) is 5.73 Å². The second-order valence-corrected chi connectivity index (χ2v) is 3.42. The lowest BCUT2D eigenvalue weighted by molar-refractivity contribution is 0.328. The molecule has 0 spiro atoms. The number of hydrogen-bond donors (Lipinski definition) is 1. The van der Waals surface area contributed by atoms with Gasteiger partial charge in [-0.3, -0.25) is 4.99 Å². The van der Waals surface area contributed by atoms with Crippen molar-refractivity contribution in [3.63, 3.8) is 0 Å². The van der Waals surface area contributed by atoms with Gasteiger partial charge in [-0.2, -0.15) is 0 Å². The molecule has 0 radical (unpaired) electrons. The van der Waals surface area contributed by atoms with E-state index in [-0.39, 0.29) is 12.4 Å². The Labute approximate surface area is 73.7 Å². The minimum Gasteiger partial charge on any atom is -0.387 e. The molecular formula is C8H15ClN2. The quantitative estimate of drug-likeness (QED) is 0.595. The van der Waals surface area contributed by atoms with Gasteiger partial charge in [-0.15, -0.1) is 12.4 Å². The van der Waals surface area contributed by atoms with Crippen LogP contribution >= 0.6 is 12.4 Å². The summed E-state index contributed by atoms with van der Waals surface area (Å²) in [5.41, 5.74) is 5.74. The van der Waals surface area contributed by atoms with Gasteiger partial charge in [0.05, 0.1) is 5.84 Å². The zero-order valence-electron chi connectivity index (χ0n) is 6.62. The summed E-state index contributed by atoms with van der Waals surface area (Å²) in [5.74, 6) is 2.41. The highest BCUT2D eigenvalue weighted by atomic mass is 35.5. The van der Waals surface area contributed by atoms with Crippen molar-refractivity contribution in [3.8, 4) is 0 Å². The van der Waals surface area contributed by atoms with Crippen molar-refractivity contribution in [2.75, 3.05) is 6.54 Å². The van der Waals surface area contributed by atoms with E-state index in [1.165, 1.54) is 25.7 Å². The Bertz CT molecular complexity index is 167. The molecule has 0 aromatic rings. The second kappa shape index (κ2) is 3.44. The van der Waals surface area contributed by atoms with Crippen molar-refractivity contribution in [3.05, 3.63) is 0 Å². The molecule has 0 bridgehead atoms. The van der Waals surface area contributed by atoms with Crippen molar-refractivity contribution in [2.24, 2.45) is 22.6 Å². The van der Waals surface area contributed by atoms with Crippen LogP contribution in [0.5, 0.6) is 0 Å². The molecule has 64 valence electrons. The first-order valence-electron chi connectivity index (χ1n) is 4.18. The van der Waals surface area contributed by atoms with Crippen molar-refractivity contribution >= 4 is 18.2 Å². The topological polar surface area (TPSA) is 38.4 Å². The molecule has 1 aliphatic heterocycles. The van der Waals surface area contributed by atoms with Crippen LogP contribution in [0.1, 0.15) is 25.7 Å². The van der Waals surface area contributed by atoms with Crippen molar-refractivity contribution < 1.29 is 0 Å². The van der Waals surface area contributed by atoms with E-state index in [9.17, 15) is 0 Å². The molecule has 1 aliphatic carbocycles. The van der Waals surface area contributed by atoms with Crippen LogP contribution in [0.3, 0.4) is 0 Å². The van der Waals surface area contributed by atoms with Crippen LogP contribution in [0.4, 0.5) is 0 Å². The van der Waals surface area contributed by atoms with Crippen LogP contribution in [0.2, 0.25) is 0 Å². The summed E-state index contributed by atoms with van der Waals surface area (Å²) in [6.45, 7) is 1.01. The fourth-order valence-corrected chi connectivity index (χ4v) is 2.16. The van der Waals surface area contributed by atoms with E-state index in [0.29, 0.717) is 5.92 Å². The molecule has 1 heterocycles. The molecule has 3 heteroatoms. The molecule has 1 fully saturated rings. The van der Waals surface area contributed by atoms with Gasteiger partial charge in [0.2, 0.25) is 0 Å². The van der Waals surface area contributed by atoms with Crippen molar-refractivity contribution in [1.82, 2.24) is 0 Å². The molecule has 0 unspecified atom stereocenters. The summed E-state index contributed by atoms with van der Waals surface area (Å²) < 4.78 is 0. The molecule has 2 atom stereocenters. The number of nitrogens with zero attached hydrogens (tertiary/aromatic N) is 1. The third-order valence-corrected chi connectivity index (χ3v) is 2.80.